The fourth-order valence-corrected chi connectivity index (χ4v) is 3.12. The Morgan fingerprint density at radius 2 is 0.848 bits per heavy atom. The average molecular weight is 685 g/mol. The Kier molecular flexibility index (Phi) is 27.8. The molecule has 0 aliphatic carbocycles. The Bertz CT molecular complexity index is 725. The van der Waals surface area contributed by atoms with Crippen molar-refractivity contribution in [3.63, 3.8) is 0 Å². The Morgan fingerprint density at radius 3 is 1.33 bits per heavy atom. The molecule has 0 saturated heterocycles. The molecular formula is C29H52F4O13. The van der Waals surface area contributed by atoms with Gasteiger partial charge in [0.25, 0.3) is 0 Å². The third kappa shape index (κ3) is 30.0. The first-order valence-electron chi connectivity index (χ1n) is 14.9. The molecule has 0 radical (unpaired) electrons. The van der Waals surface area contributed by atoms with E-state index in [0.29, 0.717) is 26.1 Å². The molecule has 4 atom stereocenters. The maximum Gasteiger partial charge on any atom is 0.383 e. The van der Waals surface area contributed by atoms with Crippen LogP contribution >= 0.6 is 0 Å². The highest BCUT2D eigenvalue weighted by Gasteiger charge is 2.44. The van der Waals surface area contributed by atoms with Crippen LogP contribution in [0.5, 0.6) is 0 Å². The van der Waals surface area contributed by atoms with Crippen molar-refractivity contribution in [3.8, 4) is 0 Å². The number of rotatable bonds is 35. The van der Waals surface area contributed by atoms with Crippen molar-refractivity contribution in [3.05, 3.63) is 25.3 Å². The molecule has 4 unspecified atom stereocenters. The smallest absolute Gasteiger partial charge is 0.383 e. The van der Waals surface area contributed by atoms with Gasteiger partial charge in [-0.2, -0.15) is 17.6 Å². The number of halogens is 4. The number of aliphatic hydroxyl groups is 4. The van der Waals surface area contributed by atoms with Crippen LogP contribution in [0.15, 0.2) is 25.3 Å². The summed E-state index contributed by atoms with van der Waals surface area (Å²) in [6.07, 6.45) is -7.56. The van der Waals surface area contributed by atoms with Gasteiger partial charge in [0.15, 0.2) is 0 Å². The van der Waals surface area contributed by atoms with Crippen LogP contribution in [0.1, 0.15) is 25.7 Å². The highest BCUT2D eigenvalue weighted by atomic mass is 19.3. The molecule has 274 valence electrons. The quantitative estimate of drug-likeness (QED) is 0.0330. The van der Waals surface area contributed by atoms with Crippen LogP contribution in [0.2, 0.25) is 0 Å². The number of hydrogen-bond acceptors (Lipinski definition) is 13. The van der Waals surface area contributed by atoms with Crippen molar-refractivity contribution in [2.24, 2.45) is 0 Å². The van der Waals surface area contributed by atoms with E-state index in [4.69, 9.17) is 28.4 Å². The summed E-state index contributed by atoms with van der Waals surface area (Å²) in [5, 5.41) is 39.0. The lowest BCUT2D eigenvalue weighted by molar-refractivity contribution is -0.396. The van der Waals surface area contributed by atoms with Crippen LogP contribution in [0.4, 0.5) is 17.6 Å². The summed E-state index contributed by atoms with van der Waals surface area (Å²) < 4.78 is 98.6. The topological polar surface area (TPSA) is 164 Å². The number of aliphatic hydroxyl groups excluding tert-OH is 4. The summed E-state index contributed by atoms with van der Waals surface area (Å²) in [4.78, 5) is 0. The molecule has 0 saturated carbocycles. The predicted molar refractivity (Wildman–Crippen MR) is 156 cm³/mol. The van der Waals surface area contributed by atoms with E-state index in [2.05, 4.69) is 27.4 Å². The molecule has 4 N–H and O–H groups in total. The van der Waals surface area contributed by atoms with Gasteiger partial charge in [-0.15, -0.1) is 13.2 Å². The summed E-state index contributed by atoms with van der Waals surface area (Å²) in [5.74, 6) is 0. The van der Waals surface area contributed by atoms with E-state index in [1.807, 2.05) is 0 Å². The van der Waals surface area contributed by atoms with Gasteiger partial charge >= 0.3 is 12.2 Å². The van der Waals surface area contributed by atoms with E-state index in [-0.39, 0.29) is 72.3 Å². The van der Waals surface area contributed by atoms with E-state index in [1.54, 1.807) is 12.2 Å². The standard InChI is InChI=1S/C29H52F4O13/c1-3-5-9-38-17-26(36)19-40-11-7-24(34)15-42-13-14-43-23-45-22-29(32,33)46-28(30,31)21-44-16-25(35)8-12-41-20-27(37)18-39-10-6-4-2/h3-4,24-27,34-37H,1-2,5-23H2. The Morgan fingerprint density at radius 1 is 0.478 bits per heavy atom. The number of alkyl halides is 4. The monoisotopic (exact) mass is 684 g/mol. The molecule has 0 spiro atoms. The minimum Gasteiger partial charge on any atom is -0.391 e. The molecule has 17 heteroatoms. The molecule has 0 fully saturated rings. The van der Waals surface area contributed by atoms with Crippen LogP contribution in [0.3, 0.4) is 0 Å². The lowest BCUT2D eigenvalue weighted by atomic mass is 10.3. The van der Waals surface area contributed by atoms with Gasteiger partial charge in [-0.1, -0.05) is 12.2 Å². The van der Waals surface area contributed by atoms with E-state index in [1.165, 1.54) is 0 Å². The van der Waals surface area contributed by atoms with Crippen LogP contribution in [-0.4, -0.2) is 156 Å². The summed E-state index contributed by atoms with van der Waals surface area (Å²) in [5.41, 5.74) is 0. The lowest BCUT2D eigenvalue weighted by Crippen LogP contribution is -2.40. The molecule has 0 heterocycles. The van der Waals surface area contributed by atoms with Crippen molar-refractivity contribution in [2.75, 3.05) is 99.3 Å². The summed E-state index contributed by atoms with van der Waals surface area (Å²) >= 11 is 0. The van der Waals surface area contributed by atoms with Crippen molar-refractivity contribution in [1.82, 2.24) is 0 Å². The normalized spacial score (nSPS) is 15.0. The zero-order valence-corrected chi connectivity index (χ0v) is 26.3. The zero-order chi connectivity index (χ0) is 34.5. The van der Waals surface area contributed by atoms with Crippen molar-refractivity contribution >= 4 is 0 Å². The minimum absolute atomic E-state index is 0.00431. The zero-order valence-electron chi connectivity index (χ0n) is 26.3. The van der Waals surface area contributed by atoms with Crippen LogP contribution in [0.25, 0.3) is 0 Å². The van der Waals surface area contributed by atoms with Gasteiger partial charge in [-0.3, -0.25) is 4.74 Å². The summed E-state index contributed by atoms with van der Waals surface area (Å²) in [6, 6.07) is 0. The lowest BCUT2D eigenvalue weighted by Gasteiger charge is -2.24. The first-order valence-corrected chi connectivity index (χ1v) is 14.9. The highest BCUT2D eigenvalue weighted by molar-refractivity contribution is 4.66. The first kappa shape index (κ1) is 44.7. The average Bonchev–Trinajstić information content (AvgIpc) is 2.98. The van der Waals surface area contributed by atoms with Crippen LogP contribution in [0, 0.1) is 0 Å². The Labute approximate surface area is 267 Å². The van der Waals surface area contributed by atoms with Crippen LogP contribution < -0.4 is 0 Å². The molecular weight excluding hydrogens is 632 g/mol. The van der Waals surface area contributed by atoms with E-state index in [9.17, 15) is 38.0 Å². The van der Waals surface area contributed by atoms with Crippen molar-refractivity contribution in [2.45, 2.75) is 62.3 Å². The fraction of sp³-hybridized carbons (Fsp3) is 0.862. The Hall–Kier alpha value is -1.32. The summed E-state index contributed by atoms with van der Waals surface area (Å²) in [6.45, 7) is 3.84. The van der Waals surface area contributed by atoms with Gasteiger partial charge in [0.05, 0.1) is 78.3 Å². The predicted octanol–water partition coefficient (Wildman–Crippen LogP) is 1.65. The second-order valence-electron chi connectivity index (χ2n) is 9.99. The fourth-order valence-electron chi connectivity index (χ4n) is 3.12. The second-order valence-corrected chi connectivity index (χ2v) is 9.99. The second kappa shape index (κ2) is 28.7. The molecule has 0 rings (SSSR count). The SMILES string of the molecule is C=CCCOCC(O)COCCC(O)COCCOCOCC(F)(F)OC(F)(F)COCC(O)CCOCC(O)COCCC=C. The first-order chi connectivity index (χ1) is 21.9. The Balaban J connectivity index is 3.81. The molecule has 13 nitrogen and oxygen atoms in total. The molecule has 0 aliphatic heterocycles. The largest absolute Gasteiger partial charge is 0.391 e. The van der Waals surface area contributed by atoms with Crippen LogP contribution in [-0.2, 0) is 42.6 Å². The molecule has 0 aromatic heterocycles. The maximum absolute atomic E-state index is 13.8. The number of ether oxygens (including phenoxy) is 9. The van der Waals surface area contributed by atoms with Gasteiger partial charge in [-0.25, -0.2) is 0 Å². The van der Waals surface area contributed by atoms with Gasteiger partial charge in [0.2, 0.25) is 0 Å². The van der Waals surface area contributed by atoms with Gasteiger partial charge in [0.1, 0.15) is 32.2 Å². The van der Waals surface area contributed by atoms with E-state index < -0.39 is 63.2 Å². The third-order valence-corrected chi connectivity index (χ3v) is 5.36. The molecule has 0 aliphatic rings. The summed E-state index contributed by atoms with van der Waals surface area (Å²) in [7, 11) is 0. The molecule has 0 aromatic carbocycles. The molecule has 46 heavy (non-hydrogen) atoms. The van der Waals surface area contributed by atoms with E-state index >= 15 is 0 Å². The molecule has 0 bridgehead atoms. The molecule has 0 aromatic rings. The van der Waals surface area contributed by atoms with Gasteiger partial charge in [0, 0.05) is 13.2 Å². The third-order valence-electron chi connectivity index (χ3n) is 5.36. The number of hydrogen-bond donors (Lipinski definition) is 4. The maximum atomic E-state index is 13.8. The molecule has 0 amide bonds. The minimum atomic E-state index is -4.38. The highest BCUT2D eigenvalue weighted by Crippen LogP contribution is 2.27. The van der Waals surface area contributed by atoms with Gasteiger partial charge < -0.3 is 58.3 Å². The van der Waals surface area contributed by atoms with E-state index in [0.717, 1.165) is 0 Å². The van der Waals surface area contributed by atoms with Gasteiger partial charge in [-0.05, 0) is 25.7 Å². The van der Waals surface area contributed by atoms with Crippen molar-refractivity contribution < 1.29 is 80.6 Å². The van der Waals surface area contributed by atoms with Crippen molar-refractivity contribution in [1.29, 1.82) is 0 Å².